The Labute approximate surface area is 107 Å². The van der Waals surface area contributed by atoms with E-state index in [0.29, 0.717) is 6.04 Å². The van der Waals surface area contributed by atoms with Crippen molar-refractivity contribution in [2.45, 2.75) is 32.4 Å². The SMILES string of the molecule is CC(=O)N1CCC(NCc2ccc(F)cc2)CC1. The average Bonchev–Trinajstić information content (AvgIpc) is 2.38. The fourth-order valence-corrected chi connectivity index (χ4v) is 2.26. The van der Waals surface area contributed by atoms with Crippen molar-refractivity contribution < 1.29 is 9.18 Å². The maximum atomic E-state index is 12.7. The van der Waals surface area contributed by atoms with Gasteiger partial charge in [-0.05, 0) is 30.5 Å². The van der Waals surface area contributed by atoms with Crippen LogP contribution in [0.4, 0.5) is 4.39 Å². The van der Waals surface area contributed by atoms with Crippen LogP contribution < -0.4 is 5.32 Å². The van der Waals surface area contributed by atoms with Crippen molar-refractivity contribution in [2.24, 2.45) is 0 Å². The molecule has 1 aromatic rings. The number of nitrogens with one attached hydrogen (secondary N) is 1. The van der Waals surface area contributed by atoms with Crippen LogP contribution in [0.5, 0.6) is 0 Å². The lowest BCUT2D eigenvalue weighted by atomic mass is 10.0. The van der Waals surface area contributed by atoms with Gasteiger partial charge in [-0.1, -0.05) is 12.1 Å². The number of hydrogen-bond donors (Lipinski definition) is 1. The van der Waals surface area contributed by atoms with Gasteiger partial charge in [-0.15, -0.1) is 0 Å². The monoisotopic (exact) mass is 250 g/mol. The highest BCUT2D eigenvalue weighted by atomic mass is 19.1. The Morgan fingerprint density at radius 3 is 2.50 bits per heavy atom. The first-order chi connectivity index (χ1) is 8.65. The predicted molar refractivity (Wildman–Crippen MR) is 68.5 cm³/mol. The normalized spacial score (nSPS) is 16.9. The van der Waals surface area contributed by atoms with Crippen LogP contribution in [0.2, 0.25) is 0 Å². The van der Waals surface area contributed by atoms with Crippen LogP contribution in [0.3, 0.4) is 0 Å². The highest BCUT2D eigenvalue weighted by Crippen LogP contribution is 2.11. The van der Waals surface area contributed by atoms with E-state index >= 15 is 0 Å². The van der Waals surface area contributed by atoms with Crippen LogP contribution in [-0.4, -0.2) is 29.9 Å². The van der Waals surface area contributed by atoms with Gasteiger partial charge in [0.05, 0.1) is 0 Å². The molecule has 1 heterocycles. The molecule has 1 aromatic carbocycles. The molecule has 1 amide bonds. The third-order valence-electron chi connectivity index (χ3n) is 3.45. The molecule has 4 heteroatoms. The van der Waals surface area contributed by atoms with Crippen molar-refractivity contribution >= 4 is 5.91 Å². The quantitative estimate of drug-likeness (QED) is 0.889. The maximum Gasteiger partial charge on any atom is 0.219 e. The third kappa shape index (κ3) is 3.53. The van der Waals surface area contributed by atoms with Crippen LogP contribution in [0, 0.1) is 5.82 Å². The van der Waals surface area contributed by atoms with Gasteiger partial charge >= 0.3 is 0 Å². The van der Waals surface area contributed by atoms with Crippen LogP contribution in [0.1, 0.15) is 25.3 Å². The van der Waals surface area contributed by atoms with Gasteiger partial charge in [-0.3, -0.25) is 4.79 Å². The van der Waals surface area contributed by atoms with Gasteiger partial charge in [0, 0.05) is 32.6 Å². The van der Waals surface area contributed by atoms with E-state index in [0.717, 1.165) is 38.0 Å². The Bertz CT molecular complexity index is 397. The lowest BCUT2D eigenvalue weighted by Gasteiger charge is -2.31. The molecular weight excluding hydrogens is 231 g/mol. The van der Waals surface area contributed by atoms with Crippen molar-refractivity contribution in [1.29, 1.82) is 0 Å². The van der Waals surface area contributed by atoms with E-state index in [1.165, 1.54) is 12.1 Å². The first kappa shape index (κ1) is 13.0. The highest BCUT2D eigenvalue weighted by molar-refractivity contribution is 5.73. The van der Waals surface area contributed by atoms with E-state index in [2.05, 4.69) is 5.32 Å². The fraction of sp³-hybridized carbons (Fsp3) is 0.500. The van der Waals surface area contributed by atoms with Crippen molar-refractivity contribution in [3.8, 4) is 0 Å². The van der Waals surface area contributed by atoms with Gasteiger partial charge in [0.2, 0.25) is 5.91 Å². The van der Waals surface area contributed by atoms with Gasteiger partial charge in [0.1, 0.15) is 5.82 Å². The largest absolute Gasteiger partial charge is 0.343 e. The number of carbonyl (C=O) groups excluding carboxylic acids is 1. The molecule has 1 aliphatic rings. The first-order valence-electron chi connectivity index (χ1n) is 6.38. The Balaban J connectivity index is 1.75. The Kier molecular flexibility index (Phi) is 4.31. The Hall–Kier alpha value is -1.42. The van der Waals surface area contributed by atoms with Crippen LogP contribution in [0.15, 0.2) is 24.3 Å². The molecule has 0 radical (unpaired) electrons. The molecule has 0 bridgehead atoms. The molecule has 0 spiro atoms. The summed E-state index contributed by atoms with van der Waals surface area (Å²) in [5.74, 6) is -0.0412. The van der Waals surface area contributed by atoms with Gasteiger partial charge in [0.25, 0.3) is 0 Å². The number of rotatable bonds is 3. The molecule has 0 aliphatic carbocycles. The third-order valence-corrected chi connectivity index (χ3v) is 3.45. The minimum atomic E-state index is -0.200. The summed E-state index contributed by atoms with van der Waals surface area (Å²) in [6.07, 6.45) is 1.97. The van der Waals surface area contributed by atoms with Crippen molar-refractivity contribution in [3.05, 3.63) is 35.6 Å². The molecular formula is C14H19FN2O. The van der Waals surface area contributed by atoms with Crippen LogP contribution >= 0.6 is 0 Å². The number of halogens is 1. The zero-order chi connectivity index (χ0) is 13.0. The average molecular weight is 250 g/mol. The number of nitrogens with zero attached hydrogens (tertiary/aromatic N) is 1. The molecule has 0 atom stereocenters. The summed E-state index contributed by atoms with van der Waals surface area (Å²) in [6, 6.07) is 7.01. The van der Waals surface area contributed by atoms with Gasteiger partial charge in [-0.25, -0.2) is 4.39 Å². The second-order valence-corrected chi connectivity index (χ2v) is 4.79. The molecule has 3 nitrogen and oxygen atoms in total. The number of amides is 1. The Morgan fingerprint density at radius 1 is 1.33 bits per heavy atom. The van der Waals surface area contributed by atoms with E-state index in [1.54, 1.807) is 19.1 Å². The molecule has 0 unspecified atom stereocenters. The number of hydrogen-bond acceptors (Lipinski definition) is 2. The van der Waals surface area contributed by atoms with E-state index in [-0.39, 0.29) is 11.7 Å². The van der Waals surface area contributed by atoms with E-state index in [9.17, 15) is 9.18 Å². The van der Waals surface area contributed by atoms with Crippen molar-refractivity contribution in [1.82, 2.24) is 10.2 Å². The lowest BCUT2D eigenvalue weighted by molar-refractivity contribution is -0.129. The Morgan fingerprint density at radius 2 is 1.94 bits per heavy atom. The molecule has 2 rings (SSSR count). The summed E-state index contributed by atoms with van der Waals surface area (Å²) in [5, 5.41) is 3.46. The van der Waals surface area contributed by atoms with E-state index in [4.69, 9.17) is 0 Å². The molecule has 1 aliphatic heterocycles. The van der Waals surface area contributed by atoms with Gasteiger partial charge in [0.15, 0.2) is 0 Å². The number of likely N-dealkylation sites (tertiary alicyclic amines) is 1. The predicted octanol–water partition coefficient (Wildman–Crippen LogP) is 1.93. The first-order valence-corrected chi connectivity index (χ1v) is 6.38. The molecule has 1 N–H and O–H groups in total. The maximum absolute atomic E-state index is 12.7. The summed E-state index contributed by atoms with van der Waals surface area (Å²) in [4.78, 5) is 13.1. The molecule has 18 heavy (non-hydrogen) atoms. The van der Waals surface area contributed by atoms with Crippen LogP contribution in [-0.2, 0) is 11.3 Å². The minimum Gasteiger partial charge on any atom is -0.343 e. The van der Waals surface area contributed by atoms with Gasteiger partial charge in [-0.2, -0.15) is 0 Å². The topological polar surface area (TPSA) is 32.3 Å². The number of benzene rings is 1. The second-order valence-electron chi connectivity index (χ2n) is 4.79. The number of piperidine rings is 1. The molecule has 1 saturated heterocycles. The summed E-state index contributed by atoms with van der Waals surface area (Å²) in [7, 11) is 0. The highest BCUT2D eigenvalue weighted by Gasteiger charge is 2.19. The summed E-state index contributed by atoms with van der Waals surface area (Å²) < 4.78 is 12.7. The van der Waals surface area contributed by atoms with E-state index < -0.39 is 0 Å². The fourth-order valence-electron chi connectivity index (χ4n) is 2.26. The molecule has 1 fully saturated rings. The summed E-state index contributed by atoms with van der Waals surface area (Å²) in [6.45, 7) is 4.03. The minimum absolute atomic E-state index is 0.159. The van der Waals surface area contributed by atoms with E-state index in [1.807, 2.05) is 4.90 Å². The van der Waals surface area contributed by atoms with Crippen LogP contribution in [0.25, 0.3) is 0 Å². The summed E-state index contributed by atoms with van der Waals surface area (Å²) in [5.41, 5.74) is 1.09. The zero-order valence-corrected chi connectivity index (χ0v) is 10.7. The second kappa shape index (κ2) is 5.96. The summed E-state index contributed by atoms with van der Waals surface area (Å²) >= 11 is 0. The molecule has 98 valence electrons. The number of carbonyl (C=O) groups is 1. The van der Waals surface area contributed by atoms with Gasteiger partial charge < -0.3 is 10.2 Å². The van der Waals surface area contributed by atoms with Crippen molar-refractivity contribution in [2.75, 3.05) is 13.1 Å². The molecule has 0 saturated carbocycles. The zero-order valence-electron chi connectivity index (χ0n) is 10.7. The molecule has 0 aromatic heterocycles. The lowest BCUT2D eigenvalue weighted by Crippen LogP contribution is -2.43. The smallest absolute Gasteiger partial charge is 0.219 e. The van der Waals surface area contributed by atoms with Crippen molar-refractivity contribution in [3.63, 3.8) is 0 Å². The standard InChI is InChI=1S/C14H19FN2O/c1-11(18)17-8-6-14(7-9-17)16-10-12-2-4-13(15)5-3-12/h2-5,14,16H,6-10H2,1H3.